The molecule has 0 bridgehead atoms. The minimum absolute atomic E-state index is 0.125. The highest BCUT2D eigenvalue weighted by Crippen LogP contribution is 2.12. The van der Waals surface area contributed by atoms with E-state index in [0.717, 1.165) is 5.56 Å². The van der Waals surface area contributed by atoms with Crippen molar-refractivity contribution in [3.05, 3.63) is 29.3 Å². The molecule has 0 atom stereocenters. The van der Waals surface area contributed by atoms with Crippen molar-refractivity contribution in [2.45, 2.75) is 6.92 Å². The van der Waals surface area contributed by atoms with Gasteiger partial charge in [-0.1, -0.05) is 6.07 Å². The van der Waals surface area contributed by atoms with E-state index in [-0.39, 0.29) is 5.91 Å². The summed E-state index contributed by atoms with van der Waals surface area (Å²) >= 11 is 0. The van der Waals surface area contributed by atoms with Crippen molar-refractivity contribution < 1.29 is 4.79 Å². The Morgan fingerprint density at radius 1 is 1.50 bits per heavy atom. The molecule has 0 radical (unpaired) electrons. The smallest absolute Gasteiger partial charge is 0.251 e. The van der Waals surface area contributed by atoms with Crippen molar-refractivity contribution in [3.8, 4) is 0 Å². The van der Waals surface area contributed by atoms with E-state index in [1.165, 1.54) is 0 Å². The van der Waals surface area contributed by atoms with E-state index in [2.05, 4.69) is 5.32 Å². The topological polar surface area (TPSA) is 81.1 Å². The Kier molecular flexibility index (Phi) is 3.48. The maximum atomic E-state index is 11.6. The Morgan fingerprint density at radius 2 is 2.21 bits per heavy atom. The highest BCUT2D eigenvalue weighted by Gasteiger charge is 2.07. The lowest BCUT2D eigenvalue weighted by Gasteiger charge is -2.07. The molecule has 14 heavy (non-hydrogen) atoms. The number of rotatable bonds is 3. The summed E-state index contributed by atoms with van der Waals surface area (Å²) in [5.41, 5.74) is 13.0. The fourth-order valence-electron chi connectivity index (χ4n) is 1.17. The molecule has 0 fully saturated rings. The third-order valence-electron chi connectivity index (χ3n) is 1.94. The first kappa shape index (κ1) is 10.5. The zero-order chi connectivity index (χ0) is 10.6. The van der Waals surface area contributed by atoms with E-state index in [9.17, 15) is 4.79 Å². The van der Waals surface area contributed by atoms with E-state index in [1.807, 2.05) is 13.0 Å². The summed E-state index contributed by atoms with van der Waals surface area (Å²) < 4.78 is 0. The summed E-state index contributed by atoms with van der Waals surface area (Å²) in [6.07, 6.45) is 0. The molecule has 0 heterocycles. The number of nitrogen functional groups attached to an aromatic ring is 1. The highest BCUT2D eigenvalue weighted by molar-refractivity contribution is 5.96. The van der Waals surface area contributed by atoms with Gasteiger partial charge in [-0.15, -0.1) is 0 Å². The Bertz CT molecular complexity index is 336. The molecule has 0 saturated heterocycles. The van der Waals surface area contributed by atoms with Gasteiger partial charge in [-0.05, 0) is 24.6 Å². The van der Waals surface area contributed by atoms with Gasteiger partial charge in [0.2, 0.25) is 0 Å². The molecule has 1 aromatic carbocycles. The Morgan fingerprint density at radius 3 is 2.86 bits per heavy atom. The van der Waals surface area contributed by atoms with Crippen LogP contribution in [0.2, 0.25) is 0 Å². The summed E-state index contributed by atoms with van der Waals surface area (Å²) in [6, 6.07) is 5.27. The molecule has 0 aliphatic carbocycles. The number of hydrogen-bond donors (Lipinski definition) is 3. The van der Waals surface area contributed by atoms with Crippen LogP contribution in [0.15, 0.2) is 18.2 Å². The van der Waals surface area contributed by atoms with E-state index in [4.69, 9.17) is 11.5 Å². The van der Waals surface area contributed by atoms with Crippen LogP contribution in [0.5, 0.6) is 0 Å². The maximum absolute atomic E-state index is 11.6. The third-order valence-corrected chi connectivity index (χ3v) is 1.94. The molecule has 0 aromatic heterocycles. The molecule has 0 saturated carbocycles. The molecule has 76 valence electrons. The number of nitrogens with one attached hydrogen (secondary N) is 1. The summed E-state index contributed by atoms with van der Waals surface area (Å²) in [5, 5.41) is 2.70. The SMILES string of the molecule is Cc1ccc(N)cc1C(=O)NCCN. The van der Waals surface area contributed by atoms with Crippen molar-refractivity contribution in [1.29, 1.82) is 0 Å². The van der Waals surface area contributed by atoms with Crippen molar-refractivity contribution >= 4 is 11.6 Å². The van der Waals surface area contributed by atoms with Crippen molar-refractivity contribution in [3.63, 3.8) is 0 Å². The molecular formula is C10H15N3O. The molecule has 0 aliphatic heterocycles. The molecule has 0 spiro atoms. The van der Waals surface area contributed by atoms with Crippen molar-refractivity contribution in [1.82, 2.24) is 5.32 Å². The van der Waals surface area contributed by atoms with Crippen LogP contribution >= 0.6 is 0 Å². The van der Waals surface area contributed by atoms with Gasteiger partial charge in [0.05, 0.1) is 0 Å². The highest BCUT2D eigenvalue weighted by atomic mass is 16.1. The maximum Gasteiger partial charge on any atom is 0.251 e. The summed E-state index contributed by atoms with van der Waals surface area (Å²) in [5.74, 6) is -0.125. The van der Waals surface area contributed by atoms with Gasteiger partial charge in [-0.2, -0.15) is 0 Å². The van der Waals surface area contributed by atoms with Crippen LogP contribution in [-0.4, -0.2) is 19.0 Å². The van der Waals surface area contributed by atoms with Gasteiger partial charge in [0, 0.05) is 24.3 Å². The fourth-order valence-corrected chi connectivity index (χ4v) is 1.17. The van der Waals surface area contributed by atoms with Crippen molar-refractivity contribution in [2.75, 3.05) is 18.8 Å². The third kappa shape index (κ3) is 2.47. The van der Waals surface area contributed by atoms with Crippen molar-refractivity contribution in [2.24, 2.45) is 5.73 Å². The first-order valence-electron chi connectivity index (χ1n) is 4.49. The lowest BCUT2D eigenvalue weighted by molar-refractivity contribution is 0.0954. The van der Waals surface area contributed by atoms with E-state index in [1.54, 1.807) is 12.1 Å². The average molecular weight is 193 g/mol. The molecule has 0 unspecified atom stereocenters. The quantitative estimate of drug-likeness (QED) is 0.602. The standard InChI is InChI=1S/C10H15N3O/c1-7-2-3-8(12)6-9(7)10(14)13-5-4-11/h2-3,6H,4-5,11-12H2,1H3,(H,13,14). The number of carbonyl (C=O) groups is 1. The average Bonchev–Trinajstić information content (AvgIpc) is 2.18. The summed E-state index contributed by atoms with van der Waals surface area (Å²) in [6.45, 7) is 2.79. The van der Waals surface area contributed by atoms with Gasteiger partial charge in [-0.3, -0.25) is 4.79 Å². The van der Waals surface area contributed by atoms with Crippen LogP contribution in [0.4, 0.5) is 5.69 Å². The molecule has 0 aliphatic rings. The number of aryl methyl sites for hydroxylation is 1. The second-order valence-electron chi connectivity index (χ2n) is 3.12. The van der Waals surface area contributed by atoms with Gasteiger partial charge in [0.1, 0.15) is 0 Å². The Labute approximate surface area is 83.3 Å². The largest absolute Gasteiger partial charge is 0.399 e. The molecule has 5 N–H and O–H groups in total. The van der Waals surface area contributed by atoms with Crippen LogP contribution in [0.1, 0.15) is 15.9 Å². The Hall–Kier alpha value is -1.55. The minimum atomic E-state index is -0.125. The monoisotopic (exact) mass is 193 g/mol. The number of anilines is 1. The van der Waals surface area contributed by atoms with Gasteiger partial charge in [0.25, 0.3) is 5.91 Å². The summed E-state index contributed by atoms with van der Waals surface area (Å²) in [7, 11) is 0. The van der Waals surface area contributed by atoms with Gasteiger partial charge < -0.3 is 16.8 Å². The van der Waals surface area contributed by atoms with Crippen LogP contribution in [0, 0.1) is 6.92 Å². The van der Waals surface area contributed by atoms with E-state index in [0.29, 0.717) is 24.3 Å². The molecule has 1 rings (SSSR count). The number of nitrogens with two attached hydrogens (primary N) is 2. The number of amides is 1. The second-order valence-corrected chi connectivity index (χ2v) is 3.12. The molecular weight excluding hydrogens is 178 g/mol. The van der Waals surface area contributed by atoms with Gasteiger partial charge >= 0.3 is 0 Å². The molecule has 4 nitrogen and oxygen atoms in total. The van der Waals surface area contributed by atoms with Crippen LogP contribution in [-0.2, 0) is 0 Å². The normalized spacial score (nSPS) is 9.86. The Balaban J connectivity index is 2.83. The minimum Gasteiger partial charge on any atom is -0.399 e. The fraction of sp³-hybridized carbons (Fsp3) is 0.300. The lowest BCUT2D eigenvalue weighted by atomic mass is 10.1. The molecule has 1 amide bonds. The number of hydrogen-bond acceptors (Lipinski definition) is 3. The molecule has 4 heteroatoms. The predicted octanol–water partition coefficient (Wildman–Crippen LogP) is 0.266. The number of carbonyl (C=O) groups excluding carboxylic acids is 1. The predicted molar refractivity (Wildman–Crippen MR) is 57.0 cm³/mol. The van der Waals surface area contributed by atoms with Crippen LogP contribution in [0.3, 0.4) is 0 Å². The van der Waals surface area contributed by atoms with E-state index < -0.39 is 0 Å². The number of benzene rings is 1. The first-order chi connectivity index (χ1) is 6.65. The summed E-state index contributed by atoms with van der Waals surface area (Å²) in [4.78, 5) is 11.6. The lowest BCUT2D eigenvalue weighted by Crippen LogP contribution is -2.29. The van der Waals surface area contributed by atoms with Gasteiger partial charge in [0.15, 0.2) is 0 Å². The molecule has 1 aromatic rings. The van der Waals surface area contributed by atoms with Crippen LogP contribution < -0.4 is 16.8 Å². The van der Waals surface area contributed by atoms with Crippen LogP contribution in [0.25, 0.3) is 0 Å². The first-order valence-corrected chi connectivity index (χ1v) is 4.49. The van der Waals surface area contributed by atoms with Gasteiger partial charge in [-0.25, -0.2) is 0 Å². The second kappa shape index (κ2) is 4.62. The zero-order valence-corrected chi connectivity index (χ0v) is 8.21. The zero-order valence-electron chi connectivity index (χ0n) is 8.21. The van der Waals surface area contributed by atoms with E-state index >= 15 is 0 Å².